The van der Waals surface area contributed by atoms with Crippen molar-refractivity contribution in [3.8, 4) is 11.8 Å². The zero-order valence-corrected chi connectivity index (χ0v) is 13.3. The summed E-state index contributed by atoms with van der Waals surface area (Å²) >= 11 is 0. The van der Waals surface area contributed by atoms with Crippen LogP contribution < -0.4 is 4.74 Å². The fourth-order valence-electron chi connectivity index (χ4n) is 2.48. The van der Waals surface area contributed by atoms with Gasteiger partial charge in [-0.05, 0) is 37.7 Å². The van der Waals surface area contributed by atoms with Crippen molar-refractivity contribution in [1.82, 2.24) is 4.90 Å². The molecule has 120 valence electrons. The van der Waals surface area contributed by atoms with Gasteiger partial charge in [0.05, 0.1) is 23.1 Å². The largest absolute Gasteiger partial charge is 0.491 e. The molecular weight excluding hydrogens is 304 g/mol. The molecule has 6 nitrogen and oxygen atoms in total. The van der Waals surface area contributed by atoms with Crippen molar-refractivity contribution in [1.29, 1.82) is 5.26 Å². The van der Waals surface area contributed by atoms with Crippen LogP contribution in [0.3, 0.4) is 0 Å². The maximum absolute atomic E-state index is 11.5. The number of rotatable bonds is 6. The molecule has 1 aliphatic heterocycles. The van der Waals surface area contributed by atoms with Crippen LogP contribution in [0.5, 0.6) is 5.75 Å². The van der Waals surface area contributed by atoms with Crippen molar-refractivity contribution in [2.24, 2.45) is 0 Å². The van der Waals surface area contributed by atoms with E-state index in [9.17, 15) is 13.5 Å². The fourth-order valence-corrected chi connectivity index (χ4v) is 4.28. The van der Waals surface area contributed by atoms with Crippen LogP contribution in [0.25, 0.3) is 0 Å². The molecule has 1 aromatic carbocycles. The topological polar surface area (TPSA) is 90.6 Å². The molecule has 1 fully saturated rings. The summed E-state index contributed by atoms with van der Waals surface area (Å²) in [5, 5.41) is 18.7. The van der Waals surface area contributed by atoms with E-state index in [4.69, 9.17) is 10.00 Å². The van der Waals surface area contributed by atoms with E-state index >= 15 is 0 Å². The molecule has 0 amide bonds. The van der Waals surface area contributed by atoms with Gasteiger partial charge in [0.25, 0.3) is 0 Å². The Kier molecular flexibility index (Phi) is 5.40. The number of aliphatic hydroxyl groups excluding tert-OH is 1. The molecule has 2 atom stereocenters. The molecule has 0 aliphatic carbocycles. The first kappa shape index (κ1) is 16.7. The average Bonchev–Trinajstić information content (AvgIpc) is 2.86. The molecule has 1 N–H and O–H groups in total. The molecular formula is C15H20N2O4S. The van der Waals surface area contributed by atoms with E-state index in [1.165, 1.54) is 0 Å². The van der Waals surface area contributed by atoms with Gasteiger partial charge in [-0.3, -0.25) is 4.90 Å². The second kappa shape index (κ2) is 7.09. The fraction of sp³-hybridized carbons (Fsp3) is 0.533. The van der Waals surface area contributed by atoms with Crippen molar-refractivity contribution in [2.45, 2.75) is 18.6 Å². The van der Waals surface area contributed by atoms with Crippen LogP contribution in [0, 0.1) is 11.3 Å². The second-order valence-electron chi connectivity index (χ2n) is 5.60. The number of ether oxygens (including phenoxy) is 1. The molecule has 2 rings (SSSR count). The summed E-state index contributed by atoms with van der Waals surface area (Å²) in [6, 6.07) is 8.65. The third-order valence-corrected chi connectivity index (χ3v) is 5.51. The smallest absolute Gasteiger partial charge is 0.151 e. The standard InChI is InChI=1S/C15H20N2O4S/c1-17(13-6-7-22(19,20)11-13)9-14(18)10-21-15-4-2-12(8-16)3-5-15/h2-5,13-14,18H,6-7,9-11H2,1H3/t13-,14+/m1/s1. The van der Waals surface area contributed by atoms with Gasteiger partial charge in [0.1, 0.15) is 18.5 Å². The Labute approximate surface area is 130 Å². The van der Waals surface area contributed by atoms with E-state index in [-0.39, 0.29) is 24.2 Å². The molecule has 0 aromatic heterocycles. The summed E-state index contributed by atoms with van der Waals surface area (Å²) < 4.78 is 28.4. The molecule has 1 aliphatic rings. The first-order valence-corrected chi connectivity index (χ1v) is 8.93. The number of nitriles is 1. The molecule has 0 unspecified atom stereocenters. The van der Waals surface area contributed by atoms with Crippen molar-refractivity contribution >= 4 is 9.84 Å². The lowest BCUT2D eigenvalue weighted by molar-refractivity contribution is 0.0664. The Morgan fingerprint density at radius 2 is 2.14 bits per heavy atom. The van der Waals surface area contributed by atoms with Gasteiger partial charge in [0, 0.05) is 12.6 Å². The summed E-state index contributed by atoms with van der Waals surface area (Å²) in [4.78, 5) is 1.87. The van der Waals surface area contributed by atoms with Gasteiger partial charge in [-0.1, -0.05) is 0 Å². The van der Waals surface area contributed by atoms with Crippen LogP contribution in [0.2, 0.25) is 0 Å². The normalized spacial score (nSPS) is 21.5. The Hall–Kier alpha value is -1.62. The lowest BCUT2D eigenvalue weighted by Gasteiger charge is -2.25. The van der Waals surface area contributed by atoms with Gasteiger partial charge < -0.3 is 9.84 Å². The highest BCUT2D eigenvalue weighted by Crippen LogP contribution is 2.17. The monoisotopic (exact) mass is 324 g/mol. The summed E-state index contributed by atoms with van der Waals surface area (Å²) in [7, 11) is -1.10. The predicted molar refractivity (Wildman–Crippen MR) is 82.3 cm³/mol. The highest BCUT2D eigenvalue weighted by Gasteiger charge is 2.31. The molecule has 0 spiro atoms. The summed E-state index contributed by atoms with van der Waals surface area (Å²) in [6.45, 7) is 0.478. The van der Waals surface area contributed by atoms with Gasteiger partial charge in [0.15, 0.2) is 9.84 Å². The van der Waals surface area contributed by atoms with Crippen molar-refractivity contribution in [2.75, 3.05) is 31.7 Å². The number of nitrogens with zero attached hydrogens (tertiary/aromatic N) is 2. The highest BCUT2D eigenvalue weighted by atomic mass is 32.2. The molecule has 1 heterocycles. The minimum Gasteiger partial charge on any atom is -0.491 e. The lowest BCUT2D eigenvalue weighted by atomic mass is 10.2. The number of sulfone groups is 1. The molecule has 1 saturated heterocycles. The van der Waals surface area contributed by atoms with Crippen LogP contribution in [0.1, 0.15) is 12.0 Å². The Morgan fingerprint density at radius 1 is 1.45 bits per heavy atom. The Balaban J connectivity index is 1.77. The van der Waals surface area contributed by atoms with Crippen LogP contribution in [0.15, 0.2) is 24.3 Å². The van der Waals surface area contributed by atoms with E-state index in [1.807, 2.05) is 18.0 Å². The van der Waals surface area contributed by atoms with E-state index in [1.54, 1.807) is 24.3 Å². The minimum absolute atomic E-state index is 0.0328. The SMILES string of the molecule is CN(C[C@H](O)COc1ccc(C#N)cc1)[C@@H]1CCS(=O)(=O)C1. The summed E-state index contributed by atoms with van der Waals surface area (Å²) in [5.74, 6) is 0.969. The number of aliphatic hydroxyl groups is 1. The zero-order chi connectivity index (χ0) is 16.2. The van der Waals surface area contributed by atoms with E-state index in [2.05, 4.69) is 0 Å². The van der Waals surface area contributed by atoms with Crippen LogP contribution in [-0.4, -0.2) is 62.3 Å². The van der Waals surface area contributed by atoms with Gasteiger partial charge in [0.2, 0.25) is 0 Å². The second-order valence-corrected chi connectivity index (χ2v) is 7.83. The molecule has 0 saturated carbocycles. The molecule has 7 heteroatoms. The third-order valence-electron chi connectivity index (χ3n) is 3.76. The summed E-state index contributed by atoms with van der Waals surface area (Å²) in [5.41, 5.74) is 0.551. The Morgan fingerprint density at radius 3 is 2.68 bits per heavy atom. The van der Waals surface area contributed by atoms with E-state index in [0.29, 0.717) is 24.3 Å². The van der Waals surface area contributed by atoms with Gasteiger partial charge in [-0.25, -0.2) is 8.42 Å². The van der Waals surface area contributed by atoms with Crippen molar-refractivity contribution in [3.63, 3.8) is 0 Å². The maximum Gasteiger partial charge on any atom is 0.151 e. The van der Waals surface area contributed by atoms with Gasteiger partial charge in [-0.15, -0.1) is 0 Å². The highest BCUT2D eigenvalue weighted by molar-refractivity contribution is 7.91. The first-order chi connectivity index (χ1) is 10.4. The van der Waals surface area contributed by atoms with Crippen molar-refractivity contribution < 1.29 is 18.3 Å². The molecule has 22 heavy (non-hydrogen) atoms. The minimum atomic E-state index is -2.92. The third kappa shape index (κ3) is 4.70. The van der Waals surface area contributed by atoms with Gasteiger partial charge in [-0.2, -0.15) is 5.26 Å². The predicted octanol–water partition coefficient (Wildman–Crippen LogP) is 0.417. The number of likely N-dealkylation sites (N-methyl/N-ethyl adjacent to an activating group) is 1. The molecule has 0 radical (unpaired) electrons. The van der Waals surface area contributed by atoms with Crippen molar-refractivity contribution in [3.05, 3.63) is 29.8 Å². The number of hydrogen-bond acceptors (Lipinski definition) is 6. The Bertz CT molecular complexity index is 637. The van der Waals surface area contributed by atoms with Crippen LogP contribution in [-0.2, 0) is 9.84 Å². The number of benzene rings is 1. The average molecular weight is 324 g/mol. The lowest BCUT2D eigenvalue weighted by Crippen LogP contribution is -2.40. The molecule has 0 bridgehead atoms. The molecule has 1 aromatic rings. The quantitative estimate of drug-likeness (QED) is 0.815. The maximum atomic E-state index is 11.5. The van der Waals surface area contributed by atoms with E-state index in [0.717, 1.165) is 0 Å². The van der Waals surface area contributed by atoms with E-state index < -0.39 is 15.9 Å². The van der Waals surface area contributed by atoms with Crippen LogP contribution in [0.4, 0.5) is 0 Å². The van der Waals surface area contributed by atoms with Gasteiger partial charge >= 0.3 is 0 Å². The summed E-state index contributed by atoms with van der Waals surface area (Å²) in [6.07, 6.45) is -0.0916. The number of hydrogen-bond donors (Lipinski definition) is 1. The zero-order valence-electron chi connectivity index (χ0n) is 12.5. The first-order valence-electron chi connectivity index (χ1n) is 7.11. The van der Waals surface area contributed by atoms with Crippen LogP contribution >= 0.6 is 0 Å².